The monoisotopic (exact) mass is 397 g/mol. The van der Waals surface area contributed by atoms with Crippen LogP contribution in [0.3, 0.4) is 0 Å². The Labute approximate surface area is 153 Å². The number of rotatable bonds is 5. The van der Waals surface area contributed by atoms with Crippen molar-refractivity contribution in [1.29, 1.82) is 0 Å². The minimum atomic E-state index is -3.68. The van der Waals surface area contributed by atoms with Crippen LogP contribution in [-0.2, 0) is 21.3 Å². The van der Waals surface area contributed by atoms with E-state index in [4.69, 9.17) is 4.74 Å². The maximum atomic E-state index is 12.9. The smallest absolute Gasteiger partial charge is 0.262 e. The maximum Gasteiger partial charge on any atom is 0.262 e. The molecule has 0 spiro atoms. The molecule has 138 valence electrons. The molecule has 0 aliphatic carbocycles. The Morgan fingerprint density at radius 1 is 1.23 bits per heavy atom. The summed E-state index contributed by atoms with van der Waals surface area (Å²) in [6.45, 7) is 1.83. The molecule has 8 nitrogen and oxygen atoms in total. The van der Waals surface area contributed by atoms with Gasteiger partial charge < -0.3 is 10.1 Å². The molecule has 1 aliphatic rings. The number of hydrogen-bond donors (Lipinski definition) is 1. The van der Waals surface area contributed by atoms with Crippen LogP contribution < -0.4 is 5.32 Å². The summed E-state index contributed by atoms with van der Waals surface area (Å²) in [5.41, 5.74) is 0.889. The van der Waals surface area contributed by atoms with Gasteiger partial charge in [-0.05, 0) is 17.7 Å². The Kier molecular flexibility index (Phi) is 4.61. The van der Waals surface area contributed by atoms with Gasteiger partial charge in [0.15, 0.2) is 5.03 Å². The number of anilines is 1. The summed E-state index contributed by atoms with van der Waals surface area (Å²) in [5, 5.41) is 8.01. The van der Waals surface area contributed by atoms with Crippen molar-refractivity contribution < 1.29 is 17.5 Å². The summed E-state index contributed by atoms with van der Waals surface area (Å²) < 4.78 is 46.5. The van der Waals surface area contributed by atoms with Gasteiger partial charge in [0.2, 0.25) is 10.1 Å². The zero-order chi connectivity index (χ0) is 18.1. The summed E-state index contributed by atoms with van der Waals surface area (Å²) in [5.74, 6) is -0.292. The highest BCUT2D eigenvalue weighted by atomic mass is 32.2. The van der Waals surface area contributed by atoms with Crippen LogP contribution in [-0.4, -0.2) is 53.6 Å². The van der Waals surface area contributed by atoms with E-state index in [0.29, 0.717) is 42.9 Å². The predicted octanol–water partition coefficient (Wildman–Crippen LogP) is 1.56. The van der Waals surface area contributed by atoms with Crippen molar-refractivity contribution >= 4 is 31.5 Å². The highest BCUT2D eigenvalue weighted by molar-refractivity contribution is 7.89. The second-order valence-corrected chi connectivity index (χ2v) is 8.54. The second kappa shape index (κ2) is 6.91. The molecule has 0 amide bonds. The molecule has 1 fully saturated rings. The second-order valence-electron chi connectivity index (χ2n) is 5.69. The molecule has 1 aliphatic heterocycles. The number of halogens is 1. The molecule has 26 heavy (non-hydrogen) atoms. The van der Waals surface area contributed by atoms with Gasteiger partial charge in [-0.15, -0.1) is 5.10 Å². The van der Waals surface area contributed by atoms with Gasteiger partial charge in [0.25, 0.3) is 10.0 Å². The van der Waals surface area contributed by atoms with Crippen molar-refractivity contribution in [3.63, 3.8) is 0 Å². The van der Waals surface area contributed by atoms with Crippen molar-refractivity contribution in [3.8, 4) is 0 Å². The number of aromatic nitrogens is 3. The van der Waals surface area contributed by atoms with Gasteiger partial charge >= 0.3 is 0 Å². The molecular weight excluding hydrogens is 381 g/mol. The van der Waals surface area contributed by atoms with Crippen LogP contribution in [0.25, 0.3) is 4.96 Å². The number of morpholine rings is 1. The summed E-state index contributed by atoms with van der Waals surface area (Å²) in [4.78, 5) is 4.64. The molecule has 3 aromatic rings. The molecule has 4 rings (SSSR count). The average molecular weight is 397 g/mol. The minimum absolute atomic E-state index is 0.0421. The minimum Gasteiger partial charge on any atom is -0.379 e. The van der Waals surface area contributed by atoms with Crippen LogP contribution in [0.5, 0.6) is 0 Å². The summed E-state index contributed by atoms with van der Waals surface area (Å²) >= 11 is 1.25. The molecule has 1 saturated heterocycles. The number of sulfonamides is 1. The fourth-order valence-corrected chi connectivity index (χ4v) is 4.87. The maximum absolute atomic E-state index is 12.9. The van der Waals surface area contributed by atoms with Crippen molar-refractivity contribution in [2.45, 2.75) is 11.6 Å². The van der Waals surface area contributed by atoms with Gasteiger partial charge in [0.05, 0.1) is 19.4 Å². The van der Waals surface area contributed by atoms with E-state index in [2.05, 4.69) is 15.4 Å². The van der Waals surface area contributed by atoms with Crippen LogP contribution >= 0.6 is 11.3 Å². The van der Waals surface area contributed by atoms with Gasteiger partial charge in [-0.3, -0.25) is 0 Å². The topological polar surface area (TPSA) is 88.8 Å². The van der Waals surface area contributed by atoms with E-state index in [1.54, 1.807) is 12.1 Å². The Hall–Kier alpha value is -2.08. The van der Waals surface area contributed by atoms with Gasteiger partial charge in [-0.1, -0.05) is 23.5 Å². The first-order valence-corrected chi connectivity index (χ1v) is 10.2. The van der Waals surface area contributed by atoms with E-state index >= 15 is 0 Å². The Morgan fingerprint density at radius 3 is 2.69 bits per heavy atom. The van der Waals surface area contributed by atoms with E-state index in [-0.39, 0.29) is 10.8 Å². The van der Waals surface area contributed by atoms with E-state index in [0.717, 1.165) is 5.56 Å². The van der Waals surface area contributed by atoms with Crippen LogP contribution in [0.1, 0.15) is 5.56 Å². The van der Waals surface area contributed by atoms with E-state index < -0.39 is 10.0 Å². The van der Waals surface area contributed by atoms with Crippen LogP contribution in [0.15, 0.2) is 35.5 Å². The molecule has 0 unspecified atom stereocenters. The van der Waals surface area contributed by atoms with Crippen molar-refractivity contribution in [2.75, 3.05) is 31.6 Å². The summed E-state index contributed by atoms with van der Waals surface area (Å²) in [6.07, 6.45) is 1.33. The number of hydrogen-bond acceptors (Lipinski definition) is 7. The molecule has 1 N–H and O–H groups in total. The Bertz CT molecular complexity index is 1010. The lowest BCUT2D eigenvalue weighted by Gasteiger charge is -2.25. The fraction of sp³-hybridized carbons (Fsp3) is 0.333. The number of ether oxygens (including phenoxy) is 1. The number of fused-ring (bicyclic) bond motifs is 1. The van der Waals surface area contributed by atoms with Crippen molar-refractivity contribution in [2.24, 2.45) is 0 Å². The van der Waals surface area contributed by atoms with Crippen molar-refractivity contribution in [1.82, 2.24) is 18.9 Å². The number of nitrogens with zero attached hydrogens (tertiary/aromatic N) is 4. The summed E-state index contributed by atoms with van der Waals surface area (Å²) in [6, 6.07) is 6.13. The molecule has 11 heteroatoms. The largest absolute Gasteiger partial charge is 0.379 e. The molecule has 3 heterocycles. The third-order valence-electron chi connectivity index (χ3n) is 3.99. The predicted molar refractivity (Wildman–Crippen MR) is 94.2 cm³/mol. The quantitative estimate of drug-likeness (QED) is 0.703. The first-order chi connectivity index (χ1) is 12.5. The molecule has 0 radical (unpaired) electrons. The van der Waals surface area contributed by atoms with Gasteiger partial charge in [-0.2, -0.15) is 8.82 Å². The lowest BCUT2D eigenvalue weighted by Crippen LogP contribution is -2.41. The lowest BCUT2D eigenvalue weighted by atomic mass is 10.2. The average Bonchev–Trinajstić information content (AvgIpc) is 3.22. The number of nitrogens with one attached hydrogen (secondary N) is 1. The SMILES string of the molecule is O=S(=O)(c1cnc2sc(NCc3ccc(F)cc3)nn12)N1CCOCC1. The Morgan fingerprint density at radius 2 is 1.96 bits per heavy atom. The van der Waals surface area contributed by atoms with Crippen LogP contribution in [0.2, 0.25) is 0 Å². The third kappa shape index (κ3) is 3.30. The molecule has 0 bridgehead atoms. The highest BCUT2D eigenvalue weighted by Crippen LogP contribution is 2.24. The lowest BCUT2D eigenvalue weighted by molar-refractivity contribution is 0.0729. The molecule has 1 aromatic carbocycles. The van der Waals surface area contributed by atoms with Crippen LogP contribution in [0.4, 0.5) is 9.52 Å². The summed E-state index contributed by atoms with van der Waals surface area (Å²) in [7, 11) is -3.68. The van der Waals surface area contributed by atoms with E-state index in [1.807, 2.05) is 0 Å². The molecule has 0 saturated carbocycles. The normalized spacial score (nSPS) is 16.2. The molecule has 0 atom stereocenters. The van der Waals surface area contributed by atoms with Gasteiger partial charge in [0.1, 0.15) is 5.82 Å². The standard InChI is InChI=1S/C15H16FN5O3S2/c16-12-3-1-11(2-4-12)9-17-14-19-21-13(10-18-15(21)25-14)26(22,23)20-5-7-24-8-6-20/h1-4,10H,5-9H2,(H,17,19). The number of imidazole rings is 1. The molecule has 2 aromatic heterocycles. The zero-order valence-electron chi connectivity index (χ0n) is 13.6. The first-order valence-electron chi connectivity index (χ1n) is 7.95. The number of benzene rings is 1. The van der Waals surface area contributed by atoms with E-state index in [9.17, 15) is 12.8 Å². The molecular formula is C15H16FN5O3S2. The van der Waals surface area contributed by atoms with Crippen molar-refractivity contribution in [3.05, 3.63) is 41.8 Å². The van der Waals surface area contributed by atoms with Gasteiger partial charge in [-0.25, -0.2) is 17.8 Å². The Balaban J connectivity index is 1.55. The van der Waals surface area contributed by atoms with Gasteiger partial charge in [0, 0.05) is 19.6 Å². The third-order valence-corrected chi connectivity index (χ3v) is 6.72. The fourth-order valence-electron chi connectivity index (χ4n) is 2.62. The first kappa shape index (κ1) is 17.3. The zero-order valence-corrected chi connectivity index (χ0v) is 15.3. The van der Waals surface area contributed by atoms with E-state index in [1.165, 1.54) is 38.5 Å². The highest BCUT2D eigenvalue weighted by Gasteiger charge is 2.30. The van der Waals surface area contributed by atoms with Crippen LogP contribution in [0, 0.1) is 5.82 Å².